The normalized spacial score (nSPS) is 17.5. The van der Waals surface area contributed by atoms with E-state index in [0.717, 1.165) is 29.8 Å². The number of rotatable bonds is 5. The van der Waals surface area contributed by atoms with Crippen molar-refractivity contribution < 1.29 is 0 Å². The van der Waals surface area contributed by atoms with E-state index >= 15 is 0 Å². The maximum Gasteiger partial charge on any atom is 0.127 e. The molecule has 1 atom stereocenters. The molecule has 0 spiro atoms. The average Bonchev–Trinajstić information content (AvgIpc) is 2.93. The van der Waals surface area contributed by atoms with Crippen LogP contribution in [0.25, 0.3) is 11.0 Å². The van der Waals surface area contributed by atoms with Crippen LogP contribution >= 0.6 is 0 Å². The van der Waals surface area contributed by atoms with Crippen LogP contribution in [0.15, 0.2) is 24.3 Å². The van der Waals surface area contributed by atoms with Gasteiger partial charge in [0, 0.05) is 6.54 Å². The van der Waals surface area contributed by atoms with Crippen molar-refractivity contribution in [1.82, 2.24) is 14.5 Å². The van der Waals surface area contributed by atoms with Gasteiger partial charge in [0.25, 0.3) is 0 Å². The molecule has 0 aliphatic carbocycles. The van der Waals surface area contributed by atoms with Gasteiger partial charge in [0.05, 0.1) is 29.6 Å². The molecule has 0 N–H and O–H groups in total. The molecular formula is C18H24N4. The first-order valence-electron chi connectivity index (χ1n) is 8.41. The second-order valence-corrected chi connectivity index (χ2v) is 6.04. The zero-order chi connectivity index (χ0) is 15.4. The van der Waals surface area contributed by atoms with Gasteiger partial charge in [0.1, 0.15) is 5.82 Å². The monoisotopic (exact) mass is 296 g/mol. The number of imidazole rings is 1. The average molecular weight is 296 g/mol. The smallest absolute Gasteiger partial charge is 0.127 e. The second-order valence-electron chi connectivity index (χ2n) is 6.04. The van der Waals surface area contributed by atoms with Gasteiger partial charge in [-0.1, -0.05) is 25.5 Å². The summed E-state index contributed by atoms with van der Waals surface area (Å²) in [6.45, 7) is 5.31. The van der Waals surface area contributed by atoms with Crippen molar-refractivity contribution in [3.8, 4) is 6.07 Å². The van der Waals surface area contributed by atoms with Gasteiger partial charge in [-0.2, -0.15) is 5.26 Å². The SMILES string of the molecule is CCC(c1nc2ccccc2n1CCC#N)N1CCCCC1. The number of hydrogen-bond donors (Lipinski definition) is 0. The van der Waals surface area contributed by atoms with Crippen LogP contribution in [0.5, 0.6) is 0 Å². The lowest BCUT2D eigenvalue weighted by Crippen LogP contribution is -2.35. The van der Waals surface area contributed by atoms with Gasteiger partial charge < -0.3 is 4.57 Å². The first-order chi connectivity index (χ1) is 10.8. The van der Waals surface area contributed by atoms with E-state index in [-0.39, 0.29) is 0 Å². The summed E-state index contributed by atoms with van der Waals surface area (Å²) in [5.74, 6) is 1.14. The molecule has 116 valence electrons. The van der Waals surface area contributed by atoms with Crippen molar-refractivity contribution in [2.75, 3.05) is 13.1 Å². The van der Waals surface area contributed by atoms with Gasteiger partial charge >= 0.3 is 0 Å². The summed E-state index contributed by atoms with van der Waals surface area (Å²) in [6.07, 6.45) is 5.52. The molecule has 1 saturated heterocycles. The Labute approximate surface area is 132 Å². The van der Waals surface area contributed by atoms with Crippen molar-refractivity contribution in [2.45, 2.75) is 51.6 Å². The minimum atomic E-state index is 0.367. The minimum Gasteiger partial charge on any atom is -0.326 e. The molecule has 0 radical (unpaired) electrons. The van der Waals surface area contributed by atoms with Crippen LogP contribution in [0.3, 0.4) is 0 Å². The molecule has 1 aromatic carbocycles. The third kappa shape index (κ3) is 2.86. The van der Waals surface area contributed by atoms with Crippen LogP contribution in [0.1, 0.15) is 50.9 Å². The zero-order valence-corrected chi connectivity index (χ0v) is 13.3. The van der Waals surface area contributed by atoms with Crippen LogP contribution in [-0.2, 0) is 6.54 Å². The lowest BCUT2D eigenvalue weighted by molar-refractivity contribution is 0.150. The number of nitrogens with zero attached hydrogens (tertiary/aromatic N) is 4. The summed E-state index contributed by atoms with van der Waals surface area (Å²) >= 11 is 0. The number of aryl methyl sites for hydroxylation is 1. The van der Waals surface area contributed by atoms with Crippen LogP contribution in [-0.4, -0.2) is 27.5 Å². The molecule has 0 bridgehead atoms. The van der Waals surface area contributed by atoms with E-state index in [1.54, 1.807) is 0 Å². The lowest BCUT2D eigenvalue weighted by Gasteiger charge is -2.33. The number of nitriles is 1. The van der Waals surface area contributed by atoms with Crippen LogP contribution in [0.4, 0.5) is 0 Å². The molecule has 1 fully saturated rings. The van der Waals surface area contributed by atoms with Gasteiger partial charge in [-0.15, -0.1) is 0 Å². The Hall–Kier alpha value is -1.86. The Morgan fingerprint density at radius 3 is 2.73 bits per heavy atom. The van der Waals surface area contributed by atoms with Gasteiger partial charge in [0.15, 0.2) is 0 Å². The van der Waals surface area contributed by atoms with E-state index in [9.17, 15) is 0 Å². The minimum absolute atomic E-state index is 0.367. The predicted molar refractivity (Wildman–Crippen MR) is 88.4 cm³/mol. The maximum absolute atomic E-state index is 8.98. The van der Waals surface area contributed by atoms with E-state index in [2.05, 4.69) is 40.7 Å². The standard InChI is InChI=1S/C18H24N4/c1-2-16(21-12-6-3-7-13-21)18-20-15-9-4-5-10-17(15)22(18)14-8-11-19/h4-5,9-10,16H,2-3,6-8,12-14H2,1H3. The summed E-state index contributed by atoms with van der Waals surface area (Å²) in [5, 5.41) is 8.98. The van der Waals surface area contributed by atoms with E-state index < -0.39 is 0 Å². The number of benzene rings is 1. The van der Waals surface area contributed by atoms with Crippen LogP contribution in [0, 0.1) is 11.3 Å². The van der Waals surface area contributed by atoms with E-state index in [1.165, 1.54) is 32.4 Å². The number of hydrogen-bond acceptors (Lipinski definition) is 3. The van der Waals surface area contributed by atoms with Crippen molar-refractivity contribution >= 4 is 11.0 Å². The molecule has 1 aliphatic rings. The molecule has 1 aromatic heterocycles. The highest BCUT2D eigenvalue weighted by atomic mass is 15.2. The van der Waals surface area contributed by atoms with Crippen LogP contribution in [0.2, 0.25) is 0 Å². The van der Waals surface area contributed by atoms with Crippen molar-refractivity contribution in [3.63, 3.8) is 0 Å². The van der Waals surface area contributed by atoms with Crippen molar-refractivity contribution in [3.05, 3.63) is 30.1 Å². The van der Waals surface area contributed by atoms with E-state index in [1.807, 2.05) is 6.07 Å². The molecule has 4 nitrogen and oxygen atoms in total. The molecule has 2 heterocycles. The first-order valence-corrected chi connectivity index (χ1v) is 8.41. The molecule has 2 aromatic rings. The number of aromatic nitrogens is 2. The first kappa shape index (κ1) is 15.1. The van der Waals surface area contributed by atoms with Crippen LogP contribution < -0.4 is 0 Å². The molecule has 0 saturated carbocycles. The molecule has 1 unspecified atom stereocenters. The summed E-state index contributed by atoms with van der Waals surface area (Å²) in [7, 11) is 0. The number of piperidine rings is 1. The predicted octanol–water partition coefficient (Wildman–Crippen LogP) is 3.89. The van der Waals surface area contributed by atoms with Crippen molar-refractivity contribution in [1.29, 1.82) is 5.26 Å². The fourth-order valence-corrected chi connectivity index (χ4v) is 3.58. The molecule has 22 heavy (non-hydrogen) atoms. The maximum atomic E-state index is 8.98. The largest absolute Gasteiger partial charge is 0.326 e. The van der Waals surface area contributed by atoms with E-state index in [0.29, 0.717) is 12.5 Å². The van der Waals surface area contributed by atoms with Gasteiger partial charge in [-0.05, 0) is 44.5 Å². The molecule has 4 heteroatoms. The Morgan fingerprint density at radius 2 is 2.00 bits per heavy atom. The number of likely N-dealkylation sites (tertiary alicyclic amines) is 1. The second kappa shape index (κ2) is 6.93. The molecule has 0 amide bonds. The Morgan fingerprint density at radius 1 is 1.23 bits per heavy atom. The fraction of sp³-hybridized carbons (Fsp3) is 0.556. The van der Waals surface area contributed by atoms with Gasteiger partial charge in [-0.3, -0.25) is 4.90 Å². The fourth-order valence-electron chi connectivity index (χ4n) is 3.58. The van der Waals surface area contributed by atoms with Gasteiger partial charge in [-0.25, -0.2) is 4.98 Å². The Bertz CT molecular complexity index is 661. The third-order valence-electron chi connectivity index (χ3n) is 4.65. The van der Waals surface area contributed by atoms with Gasteiger partial charge in [0.2, 0.25) is 0 Å². The third-order valence-corrected chi connectivity index (χ3v) is 4.65. The summed E-state index contributed by atoms with van der Waals surface area (Å²) in [4.78, 5) is 7.50. The number of para-hydroxylation sites is 2. The summed E-state index contributed by atoms with van der Waals surface area (Å²) < 4.78 is 2.27. The molecule has 3 rings (SSSR count). The zero-order valence-electron chi connectivity index (χ0n) is 13.3. The number of fused-ring (bicyclic) bond motifs is 1. The summed E-state index contributed by atoms with van der Waals surface area (Å²) in [5.41, 5.74) is 2.20. The quantitative estimate of drug-likeness (QED) is 0.841. The lowest BCUT2D eigenvalue weighted by atomic mass is 10.1. The highest BCUT2D eigenvalue weighted by Crippen LogP contribution is 2.29. The van der Waals surface area contributed by atoms with Crippen molar-refractivity contribution in [2.24, 2.45) is 0 Å². The summed E-state index contributed by atoms with van der Waals surface area (Å²) in [6, 6.07) is 10.9. The Balaban J connectivity index is 2.01. The highest BCUT2D eigenvalue weighted by Gasteiger charge is 2.25. The molecular weight excluding hydrogens is 272 g/mol. The van der Waals surface area contributed by atoms with E-state index in [4.69, 9.17) is 10.2 Å². The Kier molecular flexibility index (Phi) is 4.74. The molecule has 1 aliphatic heterocycles. The topological polar surface area (TPSA) is 44.9 Å². The highest BCUT2D eigenvalue weighted by molar-refractivity contribution is 5.76.